The highest BCUT2D eigenvalue weighted by Gasteiger charge is 2.32. The van der Waals surface area contributed by atoms with Crippen molar-refractivity contribution in [3.8, 4) is 0 Å². The van der Waals surface area contributed by atoms with Gasteiger partial charge in [-0.15, -0.1) is 0 Å². The molecule has 2 atom stereocenters. The number of aliphatic hydroxyl groups excluding tert-OH is 1. The van der Waals surface area contributed by atoms with Crippen LogP contribution in [-0.2, 0) is 27.1 Å². The second-order valence-corrected chi connectivity index (χ2v) is 7.60. The molecular formula is C15H23NO4S. The van der Waals surface area contributed by atoms with Gasteiger partial charge in [0.2, 0.25) is 10.0 Å². The Hall–Kier alpha value is -0.950. The van der Waals surface area contributed by atoms with Crippen LogP contribution in [0.1, 0.15) is 24.5 Å². The van der Waals surface area contributed by atoms with Crippen LogP contribution in [0, 0.1) is 5.92 Å². The molecule has 0 bridgehead atoms. The van der Waals surface area contributed by atoms with Crippen LogP contribution < -0.4 is 0 Å². The minimum absolute atomic E-state index is 0.0104. The number of sulfonamides is 1. The molecule has 5 nitrogen and oxygen atoms in total. The van der Waals surface area contributed by atoms with Gasteiger partial charge < -0.3 is 9.84 Å². The van der Waals surface area contributed by atoms with E-state index >= 15 is 0 Å². The highest BCUT2D eigenvalue weighted by atomic mass is 32.2. The molecule has 1 fully saturated rings. The highest BCUT2D eigenvalue weighted by molar-refractivity contribution is 7.88. The number of benzene rings is 1. The zero-order valence-electron chi connectivity index (χ0n) is 12.5. The Morgan fingerprint density at radius 3 is 2.48 bits per heavy atom. The molecule has 0 aromatic heterocycles. The zero-order valence-corrected chi connectivity index (χ0v) is 13.3. The number of rotatable bonds is 5. The molecule has 2 rings (SSSR count). The maximum absolute atomic E-state index is 12.5. The van der Waals surface area contributed by atoms with Crippen molar-refractivity contribution in [3.63, 3.8) is 0 Å². The number of hydrogen-bond donors (Lipinski definition) is 1. The zero-order chi connectivity index (χ0) is 15.5. The van der Waals surface area contributed by atoms with Crippen molar-refractivity contribution in [2.75, 3.05) is 20.2 Å². The fourth-order valence-corrected chi connectivity index (χ4v) is 4.16. The predicted molar refractivity (Wildman–Crippen MR) is 81.1 cm³/mol. The first-order valence-corrected chi connectivity index (χ1v) is 8.76. The molecule has 118 valence electrons. The van der Waals surface area contributed by atoms with E-state index in [0.717, 1.165) is 17.5 Å². The first-order valence-electron chi connectivity index (χ1n) is 7.15. The fourth-order valence-electron chi connectivity index (χ4n) is 2.61. The van der Waals surface area contributed by atoms with Crippen molar-refractivity contribution in [1.82, 2.24) is 4.31 Å². The van der Waals surface area contributed by atoms with Gasteiger partial charge in [-0.05, 0) is 23.5 Å². The first-order chi connectivity index (χ1) is 9.96. The van der Waals surface area contributed by atoms with Gasteiger partial charge in [0.25, 0.3) is 0 Å². The third kappa shape index (κ3) is 4.03. The van der Waals surface area contributed by atoms with Crippen LogP contribution in [0.2, 0.25) is 0 Å². The monoisotopic (exact) mass is 313 g/mol. The smallest absolute Gasteiger partial charge is 0.218 e. The Bertz CT molecular complexity index is 556. The lowest BCUT2D eigenvalue weighted by Gasteiger charge is -2.35. The van der Waals surface area contributed by atoms with E-state index in [1.54, 1.807) is 31.4 Å². The van der Waals surface area contributed by atoms with E-state index in [1.165, 1.54) is 4.31 Å². The second-order valence-electron chi connectivity index (χ2n) is 5.63. The Balaban J connectivity index is 2.07. The summed E-state index contributed by atoms with van der Waals surface area (Å²) in [6, 6.07) is 7.01. The SMILES string of the molecule is COC1CN(S(=O)(=O)Cc2ccc(CO)cc2)CCC1C. The molecule has 1 aromatic carbocycles. The molecule has 6 heteroatoms. The summed E-state index contributed by atoms with van der Waals surface area (Å²) in [7, 11) is -1.70. The van der Waals surface area contributed by atoms with Crippen LogP contribution in [0.25, 0.3) is 0 Å². The molecule has 21 heavy (non-hydrogen) atoms. The van der Waals surface area contributed by atoms with Crippen LogP contribution in [0.15, 0.2) is 24.3 Å². The van der Waals surface area contributed by atoms with Gasteiger partial charge >= 0.3 is 0 Å². The number of methoxy groups -OCH3 is 1. The molecule has 0 spiro atoms. The number of nitrogens with zero attached hydrogens (tertiary/aromatic N) is 1. The molecular weight excluding hydrogens is 290 g/mol. The van der Waals surface area contributed by atoms with E-state index in [9.17, 15) is 8.42 Å². The maximum Gasteiger partial charge on any atom is 0.218 e. The van der Waals surface area contributed by atoms with Gasteiger partial charge in [0.1, 0.15) is 0 Å². The van der Waals surface area contributed by atoms with Crippen LogP contribution in [0.5, 0.6) is 0 Å². The number of piperidine rings is 1. The lowest BCUT2D eigenvalue weighted by Crippen LogP contribution is -2.46. The van der Waals surface area contributed by atoms with Crippen molar-refractivity contribution in [2.24, 2.45) is 5.92 Å². The van der Waals surface area contributed by atoms with Crippen LogP contribution in [0.3, 0.4) is 0 Å². The topological polar surface area (TPSA) is 66.8 Å². The summed E-state index contributed by atoms with van der Waals surface area (Å²) in [6.07, 6.45) is 0.784. The van der Waals surface area contributed by atoms with Gasteiger partial charge in [0.15, 0.2) is 0 Å². The van der Waals surface area contributed by atoms with Crippen LogP contribution >= 0.6 is 0 Å². The van der Waals surface area contributed by atoms with E-state index in [0.29, 0.717) is 19.0 Å². The number of ether oxygens (including phenoxy) is 1. The Morgan fingerprint density at radius 1 is 1.29 bits per heavy atom. The van der Waals surface area contributed by atoms with E-state index in [2.05, 4.69) is 6.92 Å². The predicted octanol–water partition coefficient (Wildman–Crippen LogP) is 1.37. The van der Waals surface area contributed by atoms with Crippen LogP contribution in [-0.4, -0.2) is 44.1 Å². The second kappa shape index (κ2) is 6.87. The molecule has 0 radical (unpaired) electrons. The number of aliphatic hydroxyl groups is 1. The van der Waals surface area contributed by atoms with Crippen LogP contribution in [0.4, 0.5) is 0 Å². The van der Waals surface area contributed by atoms with E-state index in [1.807, 2.05) is 0 Å². The molecule has 1 heterocycles. The first kappa shape index (κ1) is 16.4. The maximum atomic E-state index is 12.5. The Labute approximate surface area is 126 Å². The molecule has 0 saturated carbocycles. The van der Waals surface area contributed by atoms with Gasteiger partial charge in [0.05, 0.1) is 18.5 Å². The molecule has 1 aliphatic heterocycles. The van der Waals surface area contributed by atoms with Crippen molar-refractivity contribution < 1.29 is 18.3 Å². The molecule has 0 amide bonds. The van der Waals surface area contributed by atoms with Gasteiger partial charge in [-0.25, -0.2) is 8.42 Å². The summed E-state index contributed by atoms with van der Waals surface area (Å²) in [5.41, 5.74) is 1.52. The molecule has 0 aliphatic carbocycles. The molecule has 2 unspecified atom stereocenters. The lowest BCUT2D eigenvalue weighted by molar-refractivity contribution is 0.0183. The van der Waals surface area contributed by atoms with Crippen molar-refractivity contribution in [2.45, 2.75) is 31.8 Å². The third-order valence-electron chi connectivity index (χ3n) is 4.10. The van der Waals surface area contributed by atoms with E-state index < -0.39 is 10.0 Å². The summed E-state index contributed by atoms with van der Waals surface area (Å²) in [4.78, 5) is 0. The Morgan fingerprint density at radius 2 is 1.90 bits per heavy atom. The largest absolute Gasteiger partial charge is 0.392 e. The Kier molecular flexibility index (Phi) is 5.37. The van der Waals surface area contributed by atoms with E-state index in [4.69, 9.17) is 9.84 Å². The van der Waals surface area contributed by atoms with Crippen molar-refractivity contribution >= 4 is 10.0 Å². The average Bonchev–Trinajstić information content (AvgIpc) is 2.48. The summed E-state index contributed by atoms with van der Waals surface area (Å²) < 4.78 is 31.9. The summed E-state index contributed by atoms with van der Waals surface area (Å²) in [6.45, 7) is 3.03. The quantitative estimate of drug-likeness (QED) is 0.891. The lowest BCUT2D eigenvalue weighted by atomic mass is 9.97. The summed E-state index contributed by atoms with van der Waals surface area (Å²) in [5, 5.41) is 9.01. The average molecular weight is 313 g/mol. The summed E-state index contributed by atoms with van der Waals surface area (Å²) in [5.74, 6) is 0.370. The van der Waals surface area contributed by atoms with Crippen molar-refractivity contribution in [3.05, 3.63) is 35.4 Å². The minimum Gasteiger partial charge on any atom is -0.392 e. The van der Waals surface area contributed by atoms with Gasteiger partial charge in [-0.2, -0.15) is 4.31 Å². The van der Waals surface area contributed by atoms with Gasteiger partial charge in [-0.3, -0.25) is 0 Å². The normalized spacial score (nSPS) is 24.1. The van der Waals surface area contributed by atoms with Crippen molar-refractivity contribution in [1.29, 1.82) is 0 Å². The van der Waals surface area contributed by atoms with E-state index in [-0.39, 0.29) is 18.5 Å². The van der Waals surface area contributed by atoms with Gasteiger partial charge in [-0.1, -0.05) is 31.2 Å². The standard InChI is InChI=1S/C15H23NO4S/c1-12-7-8-16(9-15(12)20-2)21(18,19)11-14-5-3-13(10-17)4-6-14/h3-6,12,15,17H,7-11H2,1-2H3. The molecule has 1 aliphatic rings. The molecule has 1 aromatic rings. The fraction of sp³-hybridized carbons (Fsp3) is 0.600. The molecule has 1 saturated heterocycles. The highest BCUT2D eigenvalue weighted by Crippen LogP contribution is 2.23. The number of hydrogen-bond acceptors (Lipinski definition) is 4. The summed E-state index contributed by atoms with van der Waals surface area (Å²) >= 11 is 0. The third-order valence-corrected chi connectivity index (χ3v) is 5.92. The minimum atomic E-state index is -3.33. The van der Waals surface area contributed by atoms with Gasteiger partial charge in [0, 0.05) is 20.2 Å². The molecule has 1 N–H and O–H groups in total.